The molecule has 1 fully saturated rings. The van der Waals surface area contributed by atoms with E-state index < -0.39 is 11.7 Å². The van der Waals surface area contributed by atoms with E-state index in [9.17, 15) is 18.0 Å². The average molecular weight is 443 g/mol. The monoisotopic (exact) mass is 443 g/mol. The molecule has 0 aliphatic heterocycles. The summed E-state index contributed by atoms with van der Waals surface area (Å²) < 4.78 is 41.6. The molecular weight excluding hydrogens is 419 g/mol. The summed E-state index contributed by atoms with van der Waals surface area (Å²) in [5.41, 5.74) is 0.900. The lowest BCUT2D eigenvalue weighted by Gasteiger charge is -2.23. The van der Waals surface area contributed by atoms with Gasteiger partial charge in [-0.1, -0.05) is 19.3 Å². The van der Waals surface area contributed by atoms with Crippen molar-refractivity contribution in [1.29, 1.82) is 0 Å². The quantitative estimate of drug-likeness (QED) is 0.578. The molecule has 6 nitrogen and oxygen atoms in total. The Bertz CT molecular complexity index is 1180. The number of hydrogen-bond donors (Lipinski definition) is 0. The number of nitrogens with zero attached hydrogens (tertiary/aromatic N) is 5. The molecule has 0 unspecified atom stereocenters. The van der Waals surface area contributed by atoms with Crippen molar-refractivity contribution in [2.75, 3.05) is 0 Å². The molecule has 0 amide bonds. The fourth-order valence-electron chi connectivity index (χ4n) is 4.24. The number of rotatable bonds is 4. The number of aromatic nitrogens is 5. The van der Waals surface area contributed by atoms with Crippen molar-refractivity contribution in [2.45, 2.75) is 64.6 Å². The molecule has 1 saturated carbocycles. The summed E-state index contributed by atoms with van der Waals surface area (Å²) in [4.78, 5) is 25.9. The third-order valence-electron chi connectivity index (χ3n) is 5.88. The van der Waals surface area contributed by atoms with E-state index in [1.807, 2.05) is 6.92 Å². The van der Waals surface area contributed by atoms with Crippen LogP contribution in [0.15, 0.2) is 35.4 Å². The second-order valence-corrected chi connectivity index (χ2v) is 8.23. The highest BCUT2D eigenvalue weighted by Crippen LogP contribution is 2.33. The van der Waals surface area contributed by atoms with Crippen LogP contribution in [0.2, 0.25) is 0 Å². The minimum atomic E-state index is -4.57. The lowest BCUT2D eigenvalue weighted by atomic mass is 9.84. The van der Waals surface area contributed by atoms with Gasteiger partial charge in [-0.3, -0.25) is 9.78 Å². The Morgan fingerprint density at radius 2 is 1.88 bits per heavy atom. The molecule has 0 spiro atoms. The van der Waals surface area contributed by atoms with Crippen LogP contribution in [0.1, 0.15) is 66.2 Å². The van der Waals surface area contributed by atoms with Gasteiger partial charge in [0.2, 0.25) is 0 Å². The Hall–Kier alpha value is -3.10. The standard InChI is InChI=1S/C23H24F3N5O/c1-14-12-28-15(2)29-21(14)19-11-17(16-7-4-3-5-8-16)22(32)31(30-19)13-20-18(23(24,25)26)9-6-10-27-20/h6,9-12,16H,3-5,7-8,13H2,1-2H3. The molecule has 1 aliphatic carbocycles. The first kappa shape index (κ1) is 22.1. The van der Waals surface area contributed by atoms with E-state index in [2.05, 4.69) is 20.1 Å². The first-order chi connectivity index (χ1) is 15.2. The molecule has 4 rings (SSSR count). The number of pyridine rings is 1. The molecule has 3 aromatic heterocycles. The number of alkyl halides is 3. The first-order valence-electron chi connectivity index (χ1n) is 10.7. The summed E-state index contributed by atoms with van der Waals surface area (Å²) in [5, 5.41) is 4.42. The minimum Gasteiger partial charge on any atom is -0.267 e. The van der Waals surface area contributed by atoms with Gasteiger partial charge in [0.05, 0.1) is 23.5 Å². The lowest BCUT2D eigenvalue weighted by molar-refractivity contribution is -0.138. The molecule has 0 atom stereocenters. The fourth-order valence-corrected chi connectivity index (χ4v) is 4.24. The van der Waals surface area contributed by atoms with Crippen molar-refractivity contribution >= 4 is 0 Å². The highest BCUT2D eigenvalue weighted by Gasteiger charge is 2.34. The molecule has 3 heterocycles. The number of hydrogen-bond acceptors (Lipinski definition) is 5. The second kappa shape index (κ2) is 8.80. The van der Waals surface area contributed by atoms with Crippen LogP contribution in [-0.2, 0) is 12.7 Å². The van der Waals surface area contributed by atoms with Crippen molar-refractivity contribution < 1.29 is 13.2 Å². The highest BCUT2D eigenvalue weighted by atomic mass is 19.4. The zero-order chi connectivity index (χ0) is 22.9. The van der Waals surface area contributed by atoms with Gasteiger partial charge in [-0.05, 0) is 56.4 Å². The predicted octanol–water partition coefficient (Wildman–Crippen LogP) is 4.83. The van der Waals surface area contributed by atoms with Crippen LogP contribution in [0.3, 0.4) is 0 Å². The van der Waals surface area contributed by atoms with E-state index in [4.69, 9.17) is 0 Å². The van der Waals surface area contributed by atoms with Crippen LogP contribution >= 0.6 is 0 Å². The zero-order valence-corrected chi connectivity index (χ0v) is 18.0. The second-order valence-electron chi connectivity index (χ2n) is 8.23. The maximum absolute atomic E-state index is 13.5. The van der Waals surface area contributed by atoms with Gasteiger partial charge in [0.15, 0.2) is 0 Å². The van der Waals surface area contributed by atoms with E-state index in [1.54, 1.807) is 19.2 Å². The molecule has 32 heavy (non-hydrogen) atoms. The number of halogens is 3. The van der Waals surface area contributed by atoms with Gasteiger partial charge in [-0.15, -0.1) is 0 Å². The predicted molar refractivity (Wildman–Crippen MR) is 113 cm³/mol. The molecule has 168 valence electrons. The molecule has 1 aliphatic rings. The van der Waals surface area contributed by atoms with E-state index in [0.717, 1.165) is 48.4 Å². The van der Waals surface area contributed by atoms with Gasteiger partial charge in [0, 0.05) is 18.0 Å². The topological polar surface area (TPSA) is 73.6 Å². The summed E-state index contributed by atoms with van der Waals surface area (Å²) in [6, 6.07) is 3.96. The molecular formula is C23H24F3N5O. The van der Waals surface area contributed by atoms with E-state index in [-0.39, 0.29) is 23.7 Å². The van der Waals surface area contributed by atoms with Crippen molar-refractivity contribution in [1.82, 2.24) is 24.7 Å². The molecule has 3 aromatic rings. The van der Waals surface area contributed by atoms with Gasteiger partial charge < -0.3 is 0 Å². The van der Waals surface area contributed by atoms with Crippen molar-refractivity contribution in [3.05, 3.63) is 69.2 Å². The summed E-state index contributed by atoms with van der Waals surface area (Å²) in [7, 11) is 0. The minimum absolute atomic E-state index is 0.0540. The average Bonchev–Trinajstić information content (AvgIpc) is 2.77. The Balaban J connectivity index is 1.87. The molecule has 0 radical (unpaired) electrons. The van der Waals surface area contributed by atoms with Crippen molar-refractivity contribution in [3.63, 3.8) is 0 Å². The zero-order valence-electron chi connectivity index (χ0n) is 18.0. The van der Waals surface area contributed by atoms with Gasteiger partial charge >= 0.3 is 6.18 Å². The maximum atomic E-state index is 13.5. The normalized spacial score (nSPS) is 15.2. The molecule has 0 saturated heterocycles. The van der Waals surface area contributed by atoms with Crippen LogP contribution in [-0.4, -0.2) is 24.7 Å². The van der Waals surface area contributed by atoms with Crippen LogP contribution in [0.4, 0.5) is 13.2 Å². The van der Waals surface area contributed by atoms with Crippen molar-refractivity contribution in [2.24, 2.45) is 0 Å². The van der Waals surface area contributed by atoms with Gasteiger partial charge in [-0.25, -0.2) is 14.6 Å². The van der Waals surface area contributed by atoms with E-state index in [1.165, 1.54) is 12.3 Å². The summed E-state index contributed by atoms with van der Waals surface area (Å²) in [6.07, 6.45) is 3.30. The van der Waals surface area contributed by atoms with Crippen LogP contribution < -0.4 is 5.56 Å². The third-order valence-corrected chi connectivity index (χ3v) is 5.88. The third kappa shape index (κ3) is 4.56. The SMILES string of the molecule is Cc1ncc(C)c(-c2cc(C3CCCCC3)c(=O)n(Cc3ncccc3C(F)(F)F)n2)n1. The number of aryl methyl sites for hydroxylation is 2. The summed E-state index contributed by atoms with van der Waals surface area (Å²) in [5.74, 6) is 0.603. The largest absolute Gasteiger partial charge is 0.418 e. The van der Waals surface area contributed by atoms with Crippen molar-refractivity contribution in [3.8, 4) is 11.4 Å². The van der Waals surface area contributed by atoms with Crippen LogP contribution in [0.5, 0.6) is 0 Å². The van der Waals surface area contributed by atoms with Crippen LogP contribution in [0, 0.1) is 13.8 Å². The Kier molecular flexibility index (Phi) is 6.08. The van der Waals surface area contributed by atoms with E-state index >= 15 is 0 Å². The van der Waals surface area contributed by atoms with Gasteiger partial charge in [0.1, 0.15) is 11.5 Å². The summed E-state index contributed by atoms with van der Waals surface area (Å²) >= 11 is 0. The molecule has 0 N–H and O–H groups in total. The Morgan fingerprint density at radius 3 is 2.59 bits per heavy atom. The van der Waals surface area contributed by atoms with Gasteiger partial charge in [-0.2, -0.15) is 18.3 Å². The molecule has 9 heteroatoms. The smallest absolute Gasteiger partial charge is 0.267 e. The summed E-state index contributed by atoms with van der Waals surface area (Å²) in [6.45, 7) is 3.22. The molecule has 0 bridgehead atoms. The highest BCUT2D eigenvalue weighted by molar-refractivity contribution is 5.58. The van der Waals surface area contributed by atoms with Crippen LogP contribution in [0.25, 0.3) is 11.4 Å². The lowest BCUT2D eigenvalue weighted by Crippen LogP contribution is -2.30. The maximum Gasteiger partial charge on any atom is 0.418 e. The fraction of sp³-hybridized carbons (Fsp3) is 0.435. The Morgan fingerprint density at radius 1 is 1.12 bits per heavy atom. The van der Waals surface area contributed by atoms with Gasteiger partial charge in [0.25, 0.3) is 5.56 Å². The molecule has 0 aromatic carbocycles. The Labute approximate surface area is 183 Å². The first-order valence-corrected chi connectivity index (χ1v) is 10.7. The van der Waals surface area contributed by atoms with E-state index in [0.29, 0.717) is 22.8 Å².